The molecule has 0 spiro atoms. The van der Waals surface area contributed by atoms with Crippen molar-refractivity contribution in [2.45, 2.75) is 19.9 Å². The van der Waals surface area contributed by atoms with Gasteiger partial charge in [-0.05, 0) is 26.0 Å². The molecular weight excluding hydrogens is 230 g/mol. The minimum absolute atomic E-state index is 0.302. The summed E-state index contributed by atoms with van der Waals surface area (Å²) in [4.78, 5) is 8.53. The largest absolute Gasteiger partial charge is 0.493 e. The summed E-state index contributed by atoms with van der Waals surface area (Å²) in [5.41, 5.74) is 0.745. The molecule has 0 aliphatic rings. The molecule has 0 fully saturated rings. The molecule has 96 valence electrons. The Morgan fingerprint density at radius 1 is 1.11 bits per heavy atom. The van der Waals surface area contributed by atoms with Crippen LogP contribution in [0.3, 0.4) is 0 Å². The quantitative estimate of drug-likeness (QED) is 0.899. The van der Waals surface area contributed by atoms with Gasteiger partial charge in [-0.1, -0.05) is 0 Å². The molecule has 1 heterocycles. The molecule has 0 saturated heterocycles. The monoisotopic (exact) mass is 247 g/mol. The lowest BCUT2D eigenvalue weighted by Gasteiger charge is -2.14. The number of anilines is 1. The predicted molar refractivity (Wildman–Crippen MR) is 71.4 cm³/mol. The number of methoxy groups -OCH3 is 2. The molecule has 1 aromatic carbocycles. The average molecular weight is 247 g/mol. The molecule has 18 heavy (non-hydrogen) atoms. The summed E-state index contributed by atoms with van der Waals surface area (Å²) in [7, 11) is 3.22. The number of nitrogens with one attached hydrogen (secondary N) is 1. The van der Waals surface area contributed by atoms with Crippen LogP contribution < -0.4 is 14.8 Å². The lowest BCUT2D eigenvalue weighted by molar-refractivity contribution is 0.358. The van der Waals surface area contributed by atoms with E-state index < -0.39 is 0 Å². The second kappa shape index (κ2) is 5.08. The van der Waals surface area contributed by atoms with E-state index >= 15 is 0 Å². The fourth-order valence-electron chi connectivity index (χ4n) is 1.83. The Balaban J connectivity index is 2.65. The topological polar surface area (TPSA) is 56.3 Å². The molecule has 0 saturated carbocycles. The first-order valence-electron chi connectivity index (χ1n) is 5.79. The Hall–Kier alpha value is -2.04. The molecule has 0 unspecified atom stereocenters. The zero-order valence-electron chi connectivity index (χ0n) is 11.0. The van der Waals surface area contributed by atoms with Crippen LogP contribution in [-0.2, 0) is 0 Å². The van der Waals surface area contributed by atoms with Crippen LogP contribution in [0.2, 0.25) is 0 Å². The average Bonchev–Trinajstić information content (AvgIpc) is 2.37. The second-order valence-electron chi connectivity index (χ2n) is 4.22. The van der Waals surface area contributed by atoms with Crippen molar-refractivity contribution in [2.75, 3.05) is 19.5 Å². The van der Waals surface area contributed by atoms with E-state index in [2.05, 4.69) is 29.1 Å². The lowest BCUT2D eigenvalue weighted by Crippen LogP contribution is -2.11. The molecule has 2 aromatic rings. The van der Waals surface area contributed by atoms with Crippen LogP contribution in [-0.4, -0.2) is 30.2 Å². The van der Waals surface area contributed by atoms with Crippen molar-refractivity contribution >= 4 is 16.7 Å². The Morgan fingerprint density at radius 3 is 2.50 bits per heavy atom. The van der Waals surface area contributed by atoms with Crippen molar-refractivity contribution < 1.29 is 9.47 Å². The first-order chi connectivity index (χ1) is 8.67. The Kier molecular flexibility index (Phi) is 3.50. The van der Waals surface area contributed by atoms with Crippen molar-refractivity contribution in [3.05, 3.63) is 18.5 Å². The molecule has 0 radical (unpaired) electrons. The van der Waals surface area contributed by atoms with Crippen molar-refractivity contribution in [3.63, 3.8) is 0 Å². The fourth-order valence-corrected chi connectivity index (χ4v) is 1.83. The third kappa shape index (κ3) is 2.16. The van der Waals surface area contributed by atoms with Gasteiger partial charge in [0.25, 0.3) is 0 Å². The molecule has 5 heteroatoms. The van der Waals surface area contributed by atoms with Gasteiger partial charge in [-0.25, -0.2) is 9.97 Å². The van der Waals surface area contributed by atoms with Crippen LogP contribution in [0.25, 0.3) is 10.9 Å². The van der Waals surface area contributed by atoms with Gasteiger partial charge in [0.2, 0.25) is 0 Å². The van der Waals surface area contributed by atoms with Gasteiger partial charge in [-0.3, -0.25) is 0 Å². The summed E-state index contributed by atoms with van der Waals surface area (Å²) in [5.74, 6) is 2.10. The number of aromatic nitrogens is 2. The fraction of sp³-hybridized carbons (Fsp3) is 0.385. The maximum absolute atomic E-state index is 5.37. The molecule has 0 amide bonds. The summed E-state index contributed by atoms with van der Waals surface area (Å²) in [6, 6.07) is 4.09. The van der Waals surface area contributed by atoms with Gasteiger partial charge in [0, 0.05) is 11.4 Å². The van der Waals surface area contributed by atoms with E-state index in [-0.39, 0.29) is 0 Å². The third-order valence-electron chi connectivity index (χ3n) is 2.57. The van der Waals surface area contributed by atoms with Crippen LogP contribution in [0.15, 0.2) is 18.5 Å². The van der Waals surface area contributed by atoms with Crippen LogP contribution in [0.5, 0.6) is 11.5 Å². The molecule has 5 nitrogen and oxygen atoms in total. The zero-order chi connectivity index (χ0) is 13.1. The van der Waals surface area contributed by atoms with Gasteiger partial charge >= 0.3 is 0 Å². The number of hydrogen-bond donors (Lipinski definition) is 1. The van der Waals surface area contributed by atoms with Gasteiger partial charge in [-0.2, -0.15) is 0 Å². The highest BCUT2D eigenvalue weighted by atomic mass is 16.5. The normalized spacial score (nSPS) is 10.7. The first kappa shape index (κ1) is 12.4. The number of rotatable bonds is 4. The molecule has 0 atom stereocenters. The number of ether oxygens (including phenoxy) is 2. The summed E-state index contributed by atoms with van der Waals surface area (Å²) < 4.78 is 10.6. The van der Waals surface area contributed by atoms with Gasteiger partial charge in [0.1, 0.15) is 17.7 Å². The van der Waals surface area contributed by atoms with E-state index in [1.165, 1.54) is 6.33 Å². The second-order valence-corrected chi connectivity index (χ2v) is 4.22. The number of benzene rings is 1. The van der Waals surface area contributed by atoms with Crippen LogP contribution >= 0.6 is 0 Å². The van der Waals surface area contributed by atoms with Crippen molar-refractivity contribution in [2.24, 2.45) is 0 Å². The molecular formula is C13H17N3O2. The van der Waals surface area contributed by atoms with Gasteiger partial charge in [-0.15, -0.1) is 0 Å². The van der Waals surface area contributed by atoms with E-state index in [0.29, 0.717) is 17.5 Å². The summed E-state index contributed by atoms with van der Waals surface area (Å²) >= 11 is 0. The molecule has 2 rings (SSSR count). The lowest BCUT2D eigenvalue weighted by atomic mass is 10.2. The Labute approximate surface area is 106 Å². The minimum Gasteiger partial charge on any atom is -0.493 e. The van der Waals surface area contributed by atoms with Crippen LogP contribution in [0, 0.1) is 0 Å². The maximum Gasteiger partial charge on any atom is 0.187 e. The molecule has 0 bridgehead atoms. The molecule has 0 aliphatic heterocycles. The SMILES string of the molecule is COc1ccc2c(NC(C)C)ncnc2c1OC. The summed E-state index contributed by atoms with van der Waals surface area (Å²) in [5, 5.41) is 4.21. The van der Waals surface area contributed by atoms with E-state index in [9.17, 15) is 0 Å². The minimum atomic E-state index is 0.302. The molecule has 1 N–H and O–H groups in total. The maximum atomic E-state index is 5.37. The van der Waals surface area contributed by atoms with Crippen LogP contribution in [0.4, 0.5) is 5.82 Å². The highest BCUT2D eigenvalue weighted by Crippen LogP contribution is 2.35. The zero-order valence-corrected chi connectivity index (χ0v) is 11.0. The Bertz CT molecular complexity index is 555. The molecule has 1 aromatic heterocycles. The Morgan fingerprint density at radius 2 is 1.89 bits per heavy atom. The standard InChI is InChI=1S/C13H17N3O2/c1-8(2)16-13-9-5-6-10(17-3)12(18-4)11(9)14-7-15-13/h5-8H,1-4H3,(H,14,15,16). The highest BCUT2D eigenvalue weighted by molar-refractivity contribution is 5.94. The van der Waals surface area contributed by atoms with Gasteiger partial charge in [0.05, 0.1) is 14.2 Å². The van der Waals surface area contributed by atoms with Gasteiger partial charge < -0.3 is 14.8 Å². The van der Waals surface area contributed by atoms with E-state index in [1.54, 1.807) is 14.2 Å². The van der Waals surface area contributed by atoms with E-state index in [4.69, 9.17) is 9.47 Å². The first-order valence-corrected chi connectivity index (χ1v) is 5.79. The summed E-state index contributed by atoms with van der Waals surface area (Å²) in [6.07, 6.45) is 1.52. The highest BCUT2D eigenvalue weighted by Gasteiger charge is 2.13. The number of nitrogens with zero attached hydrogens (tertiary/aromatic N) is 2. The van der Waals surface area contributed by atoms with Crippen molar-refractivity contribution in [3.8, 4) is 11.5 Å². The van der Waals surface area contributed by atoms with Crippen molar-refractivity contribution in [1.82, 2.24) is 9.97 Å². The van der Waals surface area contributed by atoms with Gasteiger partial charge in [0.15, 0.2) is 11.5 Å². The number of fused-ring (bicyclic) bond motifs is 1. The predicted octanol–water partition coefficient (Wildman–Crippen LogP) is 2.47. The summed E-state index contributed by atoms with van der Waals surface area (Å²) in [6.45, 7) is 4.13. The van der Waals surface area contributed by atoms with Crippen LogP contribution in [0.1, 0.15) is 13.8 Å². The third-order valence-corrected chi connectivity index (χ3v) is 2.57. The molecule has 0 aliphatic carbocycles. The number of hydrogen-bond acceptors (Lipinski definition) is 5. The van der Waals surface area contributed by atoms with Crippen molar-refractivity contribution in [1.29, 1.82) is 0 Å². The van der Waals surface area contributed by atoms with E-state index in [0.717, 1.165) is 16.7 Å². The smallest absolute Gasteiger partial charge is 0.187 e. The van der Waals surface area contributed by atoms with E-state index in [1.807, 2.05) is 12.1 Å².